The van der Waals surface area contributed by atoms with E-state index in [1.54, 1.807) is 6.26 Å². The number of amides is 1. The lowest BCUT2D eigenvalue weighted by molar-refractivity contribution is -0.117. The van der Waals surface area contributed by atoms with Crippen molar-refractivity contribution in [1.29, 1.82) is 0 Å². The van der Waals surface area contributed by atoms with Crippen LogP contribution >= 0.6 is 0 Å². The molecule has 3 rings (SSSR count). The summed E-state index contributed by atoms with van der Waals surface area (Å²) in [5.41, 5.74) is 2.72. The largest absolute Gasteiger partial charge is 0.469 e. The molecule has 2 aromatic rings. The highest BCUT2D eigenvalue weighted by Gasteiger charge is 2.46. The molecule has 1 aliphatic carbocycles. The molecule has 5 nitrogen and oxygen atoms in total. The number of anilines is 1. The first-order valence-electron chi connectivity index (χ1n) is 7.39. The fraction of sp³-hybridized carbons (Fsp3) is 0.500. The first-order valence-corrected chi connectivity index (χ1v) is 7.39. The van der Waals surface area contributed by atoms with Gasteiger partial charge in [0.1, 0.15) is 5.76 Å². The molecule has 2 unspecified atom stereocenters. The molecule has 1 saturated carbocycles. The highest BCUT2D eigenvalue weighted by atomic mass is 16.3. The fourth-order valence-corrected chi connectivity index (χ4v) is 2.86. The molecule has 2 heterocycles. The number of hydrogen-bond acceptors (Lipinski definition) is 3. The monoisotopic (exact) mass is 287 g/mol. The maximum Gasteiger partial charge on any atom is 0.228 e. The zero-order valence-corrected chi connectivity index (χ0v) is 12.9. The van der Waals surface area contributed by atoms with Crippen LogP contribution in [0.3, 0.4) is 0 Å². The van der Waals surface area contributed by atoms with E-state index in [1.807, 2.05) is 30.7 Å². The van der Waals surface area contributed by atoms with Gasteiger partial charge >= 0.3 is 0 Å². The standard InChI is InChI=1S/C16H21N3O2/c1-9(2)19-11(4)15(10(3)18-19)17-16(20)13-8-12(13)14-6-5-7-21-14/h5-7,9,12-13H,8H2,1-4H3,(H,17,20). The average Bonchev–Trinajstić information content (AvgIpc) is 2.95. The van der Waals surface area contributed by atoms with Crippen LogP contribution in [0.25, 0.3) is 0 Å². The van der Waals surface area contributed by atoms with Crippen LogP contribution in [0.5, 0.6) is 0 Å². The van der Waals surface area contributed by atoms with Crippen molar-refractivity contribution < 1.29 is 9.21 Å². The van der Waals surface area contributed by atoms with Gasteiger partial charge in [0, 0.05) is 17.9 Å². The lowest BCUT2D eigenvalue weighted by Crippen LogP contribution is -2.16. The number of rotatable bonds is 4. The summed E-state index contributed by atoms with van der Waals surface area (Å²) in [6.45, 7) is 8.09. The zero-order valence-electron chi connectivity index (χ0n) is 12.9. The van der Waals surface area contributed by atoms with Crippen LogP contribution in [0, 0.1) is 19.8 Å². The van der Waals surface area contributed by atoms with Gasteiger partial charge in [0.25, 0.3) is 0 Å². The Balaban J connectivity index is 1.72. The molecule has 21 heavy (non-hydrogen) atoms. The van der Waals surface area contributed by atoms with Crippen molar-refractivity contribution in [3.8, 4) is 0 Å². The molecule has 2 atom stereocenters. The number of aromatic nitrogens is 2. The van der Waals surface area contributed by atoms with Crippen molar-refractivity contribution in [1.82, 2.24) is 9.78 Å². The minimum absolute atomic E-state index is 0.0114. The van der Waals surface area contributed by atoms with Crippen LogP contribution in [0.1, 0.15) is 49.4 Å². The third-order valence-corrected chi connectivity index (χ3v) is 4.10. The molecule has 0 radical (unpaired) electrons. The van der Waals surface area contributed by atoms with Gasteiger partial charge in [-0.15, -0.1) is 0 Å². The molecular formula is C16H21N3O2. The molecule has 0 bridgehead atoms. The highest BCUT2D eigenvalue weighted by Crippen LogP contribution is 2.48. The fourth-order valence-electron chi connectivity index (χ4n) is 2.86. The minimum atomic E-state index is 0.0114. The van der Waals surface area contributed by atoms with Gasteiger partial charge in [-0.05, 0) is 46.2 Å². The minimum Gasteiger partial charge on any atom is -0.469 e. The summed E-state index contributed by atoms with van der Waals surface area (Å²) in [6.07, 6.45) is 2.51. The first kappa shape index (κ1) is 13.9. The number of carbonyl (C=O) groups excluding carboxylic acids is 1. The van der Waals surface area contributed by atoms with Gasteiger partial charge in [-0.3, -0.25) is 9.48 Å². The molecule has 0 aliphatic heterocycles. The lowest BCUT2D eigenvalue weighted by atomic mass is 10.2. The van der Waals surface area contributed by atoms with Crippen LogP contribution in [-0.2, 0) is 4.79 Å². The normalized spacial score (nSPS) is 20.8. The van der Waals surface area contributed by atoms with E-state index in [1.165, 1.54) is 0 Å². The Labute approximate surface area is 124 Å². The van der Waals surface area contributed by atoms with Gasteiger partial charge in [-0.2, -0.15) is 5.10 Å². The maximum absolute atomic E-state index is 12.4. The summed E-state index contributed by atoms with van der Waals surface area (Å²) >= 11 is 0. The molecule has 1 N–H and O–H groups in total. The van der Waals surface area contributed by atoms with Gasteiger partial charge in [0.2, 0.25) is 5.91 Å². The third kappa shape index (κ3) is 2.48. The van der Waals surface area contributed by atoms with E-state index in [4.69, 9.17) is 4.42 Å². The summed E-state index contributed by atoms with van der Waals surface area (Å²) in [6, 6.07) is 4.08. The van der Waals surface area contributed by atoms with Crippen LogP contribution in [0.2, 0.25) is 0 Å². The smallest absolute Gasteiger partial charge is 0.228 e. The molecule has 0 aromatic carbocycles. The Hall–Kier alpha value is -2.04. The highest BCUT2D eigenvalue weighted by molar-refractivity contribution is 5.96. The van der Waals surface area contributed by atoms with E-state index in [0.29, 0.717) is 0 Å². The van der Waals surface area contributed by atoms with E-state index in [9.17, 15) is 4.79 Å². The summed E-state index contributed by atoms with van der Waals surface area (Å²) in [5.74, 6) is 1.20. The van der Waals surface area contributed by atoms with Gasteiger partial charge in [-0.1, -0.05) is 0 Å². The second kappa shape index (κ2) is 5.06. The van der Waals surface area contributed by atoms with E-state index in [0.717, 1.165) is 29.3 Å². The van der Waals surface area contributed by atoms with Crippen molar-refractivity contribution in [3.05, 3.63) is 35.5 Å². The lowest BCUT2D eigenvalue weighted by Gasteiger charge is -2.09. The maximum atomic E-state index is 12.4. The molecule has 2 aromatic heterocycles. The van der Waals surface area contributed by atoms with Crippen molar-refractivity contribution in [2.45, 2.75) is 46.1 Å². The van der Waals surface area contributed by atoms with Gasteiger partial charge in [0.05, 0.1) is 23.3 Å². The molecular weight excluding hydrogens is 266 g/mol. The van der Waals surface area contributed by atoms with Crippen LogP contribution in [0.4, 0.5) is 5.69 Å². The Bertz CT molecular complexity index is 655. The summed E-state index contributed by atoms with van der Waals surface area (Å²) in [7, 11) is 0. The zero-order chi connectivity index (χ0) is 15.1. The number of aryl methyl sites for hydroxylation is 1. The molecule has 1 aliphatic rings. The summed E-state index contributed by atoms with van der Waals surface area (Å²) in [4.78, 5) is 12.4. The summed E-state index contributed by atoms with van der Waals surface area (Å²) < 4.78 is 7.32. The van der Waals surface area contributed by atoms with Gasteiger partial charge in [0.15, 0.2) is 0 Å². The molecule has 0 saturated heterocycles. The SMILES string of the molecule is Cc1nn(C(C)C)c(C)c1NC(=O)C1CC1c1ccco1. The number of nitrogens with zero attached hydrogens (tertiary/aromatic N) is 2. The van der Waals surface area contributed by atoms with E-state index in [-0.39, 0.29) is 23.8 Å². The van der Waals surface area contributed by atoms with E-state index in [2.05, 4.69) is 24.3 Å². The van der Waals surface area contributed by atoms with E-state index < -0.39 is 0 Å². The average molecular weight is 287 g/mol. The Morgan fingerprint density at radius 1 is 1.48 bits per heavy atom. The van der Waals surface area contributed by atoms with Crippen molar-refractivity contribution in [3.63, 3.8) is 0 Å². The number of hydrogen-bond donors (Lipinski definition) is 1. The number of furan rings is 1. The molecule has 0 spiro atoms. The Kier molecular flexibility index (Phi) is 3.35. The topological polar surface area (TPSA) is 60.1 Å². The van der Waals surface area contributed by atoms with Crippen LogP contribution in [-0.4, -0.2) is 15.7 Å². The second-order valence-electron chi connectivity index (χ2n) is 6.04. The van der Waals surface area contributed by atoms with Crippen LogP contribution in [0.15, 0.2) is 22.8 Å². The first-order chi connectivity index (χ1) is 9.99. The Morgan fingerprint density at radius 2 is 2.24 bits per heavy atom. The second-order valence-corrected chi connectivity index (χ2v) is 6.04. The van der Waals surface area contributed by atoms with Crippen molar-refractivity contribution >= 4 is 11.6 Å². The molecule has 1 amide bonds. The van der Waals surface area contributed by atoms with Gasteiger partial charge < -0.3 is 9.73 Å². The van der Waals surface area contributed by atoms with Crippen molar-refractivity contribution in [2.75, 3.05) is 5.32 Å². The van der Waals surface area contributed by atoms with E-state index >= 15 is 0 Å². The quantitative estimate of drug-likeness (QED) is 0.937. The van der Waals surface area contributed by atoms with Crippen LogP contribution < -0.4 is 5.32 Å². The molecule has 1 fully saturated rings. The third-order valence-electron chi connectivity index (χ3n) is 4.10. The number of nitrogens with one attached hydrogen (secondary N) is 1. The number of carbonyl (C=O) groups is 1. The summed E-state index contributed by atoms with van der Waals surface area (Å²) in [5, 5.41) is 7.54. The predicted molar refractivity (Wildman–Crippen MR) is 80.3 cm³/mol. The van der Waals surface area contributed by atoms with Gasteiger partial charge in [-0.25, -0.2) is 0 Å². The molecule has 5 heteroatoms. The predicted octanol–water partition coefficient (Wildman–Crippen LogP) is 3.42. The van der Waals surface area contributed by atoms with Crippen molar-refractivity contribution in [2.24, 2.45) is 5.92 Å². The Morgan fingerprint density at radius 3 is 2.81 bits per heavy atom. The molecule has 112 valence electrons.